The molecule has 1 saturated carbocycles. The molecular formula is C19H28O2. The minimum Gasteiger partial charge on any atom is -0.481 e. The maximum atomic E-state index is 11.8. The van der Waals surface area contributed by atoms with Crippen LogP contribution >= 0.6 is 0 Å². The zero-order valence-corrected chi connectivity index (χ0v) is 13.6. The van der Waals surface area contributed by atoms with Crippen LogP contribution in [0.3, 0.4) is 0 Å². The number of hydrogen-bond acceptors (Lipinski definition) is 1. The van der Waals surface area contributed by atoms with Gasteiger partial charge in [0.2, 0.25) is 0 Å². The van der Waals surface area contributed by atoms with Gasteiger partial charge >= 0.3 is 5.97 Å². The Morgan fingerprint density at radius 3 is 2.81 bits per heavy atom. The van der Waals surface area contributed by atoms with Gasteiger partial charge in [-0.2, -0.15) is 0 Å². The first-order valence-corrected chi connectivity index (χ1v) is 8.57. The maximum Gasteiger partial charge on any atom is 0.309 e. The van der Waals surface area contributed by atoms with E-state index in [-0.39, 0.29) is 0 Å². The van der Waals surface area contributed by atoms with Crippen LogP contribution in [0.4, 0.5) is 0 Å². The van der Waals surface area contributed by atoms with Crippen LogP contribution in [-0.4, -0.2) is 11.1 Å². The van der Waals surface area contributed by atoms with Gasteiger partial charge in [-0.3, -0.25) is 4.79 Å². The summed E-state index contributed by atoms with van der Waals surface area (Å²) in [6, 6.07) is 0. The van der Waals surface area contributed by atoms with Crippen LogP contribution in [0.2, 0.25) is 0 Å². The van der Waals surface area contributed by atoms with E-state index >= 15 is 0 Å². The minimum atomic E-state index is -0.580. The van der Waals surface area contributed by atoms with Gasteiger partial charge in [-0.15, -0.1) is 0 Å². The molecule has 3 unspecified atom stereocenters. The number of aliphatic carboxylic acids is 1. The standard InChI is InChI=1S/C19H28O2/c1-12(2)13-6-8-15-14(11-13)7-9-17-16(15)5-4-10-19(17,3)18(20)21/h7,11-12,15-17H,4-6,8-10H2,1-3H3,(H,20,21)/t15?,16?,17?,19-/m0/s1. The van der Waals surface area contributed by atoms with Gasteiger partial charge in [0.15, 0.2) is 0 Å². The fraction of sp³-hybridized carbons (Fsp3) is 0.737. The highest BCUT2D eigenvalue weighted by Gasteiger charge is 2.50. The number of allylic oxidation sites excluding steroid dienone is 4. The third-order valence-electron chi connectivity index (χ3n) is 6.45. The molecule has 1 fully saturated rings. The van der Waals surface area contributed by atoms with E-state index in [9.17, 15) is 9.90 Å². The van der Waals surface area contributed by atoms with Crippen LogP contribution in [0.15, 0.2) is 23.3 Å². The van der Waals surface area contributed by atoms with Crippen LogP contribution in [0.1, 0.15) is 59.3 Å². The minimum absolute atomic E-state index is 0.339. The molecule has 0 amide bonds. The van der Waals surface area contributed by atoms with E-state index in [1.54, 1.807) is 5.57 Å². The van der Waals surface area contributed by atoms with E-state index in [4.69, 9.17) is 0 Å². The smallest absolute Gasteiger partial charge is 0.309 e. The molecule has 116 valence electrons. The summed E-state index contributed by atoms with van der Waals surface area (Å²) in [5, 5.41) is 9.71. The lowest BCUT2D eigenvalue weighted by Crippen LogP contribution is -2.47. The van der Waals surface area contributed by atoms with Gasteiger partial charge in [0.25, 0.3) is 0 Å². The van der Waals surface area contributed by atoms with E-state index in [1.165, 1.54) is 24.8 Å². The van der Waals surface area contributed by atoms with Gasteiger partial charge < -0.3 is 5.11 Å². The molecule has 0 bridgehead atoms. The summed E-state index contributed by atoms with van der Waals surface area (Å²) in [5.74, 6) is 1.60. The Bertz CT molecular complexity index is 500. The predicted molar refractivity (Wildman–Crippen MR) is 84.9 cm³/mol. The summed E-state index contributed by atoms with van der Waals surface area (Å²) in [6.07, 6.45) is 11.3. The molecule has 0 spiro atoms. The lowest BCUT2D eigenvalue weighted by molar-refractivity contribution is -0.156. The lowest BCUT2D eigenvalue weighted by atomic mass is 9.54. The van der Waals surface area contributed by atoms with Crippen LogP contribution in [-0.2, 0) is 4.79 Å². The number of hydrogen-bond donors (Lipinski definition) is 1. The number of fused-ring (bicyclic) bond motifs is 3. The summed E-state index contributed by atoms with van der Waals surface area (Å²) < 4.78 is 0. The number of carbonyl (C=O) groups is 1. The number of carboxylic acids is 1. The molecular weight excluding hydrogens is 260 g/mol. The third kappa shape index (κ3) is 2.37. The summed E-state index contributed by atoms with van der Waals surface area (Å²) in [5.41, 5.74) is 2.58. The van der Waals surface area contributed by atoms with E-state index in [2.05, 4.69) is 26.0 Å². The average Bonchev–Trinajstić information content (AvgIpc) is 2.46. The van der Waals surface area contributed by atoms with Gasteiger partial charge in [-0.25, -0.2) is 0 Å². The SMILES string of the molecule is CC(C)C1=CC2=CCC3C(CCC[C@]3(C)C(=O)O)C2CC1. The third-order valence-corrected chi connectivity index (χ3v) is 6.45. The highest BCUT2D eigenvalue weighted by atomic mass is 16.4. The van der Waals surface area contributed by atoms with Crippen molar-refractivity contribution in [3.05, 3.63) is 23.3 Å². The molecule has 0 radical (unpaired) electrons. The van der Waals surface area contributed by atoms with Crippen LogP contribution < -0.4 is 0 Å². The average molecular weight is 288 g/mol. The second-order valence-corrected chi connectivity index (χ2v) is 7.84. The van der Waals surface area contributed by atoms with Gasteiger partial charge in [0.05, 0.1) is 5.41 Å². The van der Waals surface area contributed by atoms with E-state index in [1.807, 2.05) is 6.92 Å². The summed E-state index contributed by atoms with van der Waals surface area (Å²) in [6.45, 7) is 6.55. The van der Waals surface area contributed by atoms with E-state index < -0.39 is 11.4 Å². The first kappa shape index (κ1) is 14.9. The molecule has 3 rings (SSSR count). The van der Waals surface area contributed by atoms with Crippen LogP contribution in [0, 0.1) is 29.1 Å². The lowest BCUT2D eigenvalue weighted by Gasteiger charge is -2.50. The number of rotatable bonds is 2. The Balaban J connectivity index is 1.91. The highest BCUT2D eigenvalue weighted by Crippen LogP contribution is 2.55. The molecule has 4 atom stereocenters. The second kappa shape index (κ2) is 5.30. The Hall–Kier alpha value is -1.05. The molecule has 3 aliphatic carbocycles. The van der Waals surface area contributed by atoms with E-state index in [0.717, 1.165) is 19.3 Å². The topological polar surface area (TPSA) is 37.3 Å². The van der Waals surface area contributed by atoms with Crippen molar-refractivity contribution in [1.82, 2.24) is 0 Å². The summed E-state index contributed by atoms with van der Waals surface area (Å²) in [4.78, 5) is 11.8. The summed E-state index contributed by atoms with van der Waals surface area (Å²) >= 11 is 0. The molecule has 21 heavy (non-hydrogen) atoms. The molecule has 0 aromatic rings. The largest absolute Gasteiger partial charge is 0.481 e. The molecule has 3 aliphatic rings. The van der Waals surface area contributed by atoms with Crippen LogP contribution in [0.25, 0.3) is 0 Å². The second-order valence-electron chi connectivity index (χ2n) is 7.84. The fourth-order valence-electron chi connectivity index (χ4n) is 5.02. The fourth-order valence-corrected chi connectivity index (χ4v) is 5.02. The van der Waals surface area contributed by atoms with Crippen molar-refractivity contribution in [2.24, 2.45) is 29.1 Å². The van der Waals surface area contributed by atoms with Crippen molar-refractivity contribution in [2.75, 3.05) is 0 Å². The Kier molecular flexibility index (Phi) is 3.75. The van der Waals surface area contributed by atoms with Crippen LogP contribution in [0.5, 0.6) is 0 Å². The highest BCUT2D eigenvalue weighted by molar-refractivity contribution is 5.75. The molecule has 2 nitrogen and oxygen atoms in total. The molecule has 0 heterocycles. The molecule has 0 aliphatic heterocycles. The maximum absolute atomic E-state index is 11.8. The van der Waals surface area contributed by atoms with Gasteiger partial charge in [-0.05, 0) is 68.3 Å². The summed E-state index contributed by atoms with van der Waals surface area (Å²) in [7, 11) is 0. The Morgan fingerprint density at radius 2 is 2.14 bits per heavy atom. The number of carboxylic acid groups (broad SMARTS) is 1. The van der Waals surface area contributed by atoms with Crippen molar-refractivity contribution >= 4 is 5.97 Å². The molecule has 2 heteroatoms. The first-order chi connectivity index (χ1) is 9.93. The zero-order valence-electron chi connectivity index (χ0n) is 13.6. The van der Waals surface area contributed by atoms with Crippen molar-refractivity contribution in [3.63, 3.8) is 0 Å². The van der Waals surface area contributed by atoms with Crippen molar-refractivity contribution in [1.29, 1.82) is 0 Å². The first-order valence-electron chi connectivity index (χ1n) is 8.57. The van der Waals surface area contributed by atoms with Crippen molar-refractivity contribution in [2.45, 2.75) is 59.3 Å². The van der Waals surface area contributed by atoms with Gasteiger partial charge in [-0.1, -0.05) is 38.0 Å². The molecule has 1 N–H and O–H groups in total. The molecule has 0 aromatic heterocycles. The monoisotopic (exact) mass is 288 g/mol. The predicted octanol–water partition coefficient (Wildman–Crippen LogP) is 4.82. The Labute approximate surface area is 128 Å². The normalized spacial score (nSPS) is 39.1. The van der Waals surface area contributed by atoms with E-state index in [0.29, 0.717) is 23.7 Å². The molecule has 0 aromatic carbocycles. The van der Waals surface area contributed by atoms with Crippen molar-refractivity contribution in [3.8, 4) is 0 Å². The Morgan fingerprint density at radius 1 is 1.38 bits per heavy atom. The van der Waals surface area contributed by atoms with Gasteiger partial charge in [0.1, 0.15) is 0 Å². The van der Waals surface area contributed by atoms with Crippen molar-refractivity contribution < 1.29 is 9.90 Å². The van der Waals surface area contributed by atoms with Gasteiger partial charge in [0, 0.05) is 0 Å². The zero-order chi connectivity index (χ0) is 15.2. The quantitative estimate of drug-likeness (QED) is 0.791. The molecule has 0 saturated heterocycles.